The zero-order chi connectivity index (χ0) is 26.5. The Morgan fingerprint density at radius 1 is 1.32 bits per heavy atom. The predicted octanol–water partition coefficient (Wildman–Crippen LogP) is -0.202. The first-order valence-electron chi connectivity index (χ1n) is 11.4. The molecule has 2 N–H and O–H groups in total. The Labute approximate surface area is 210 Å². The van der Waals surface area contributed by atoms with Gasteiger partial charge in [-0.3, -0.25) is 14.2 Å². The summed E-state index contributed by atoms with van der Waals surface area (Å²) >= 11 is 0. The van der Waals surface area contributed by atoms with Crippen molar-refractivity contribution >= 4 is 15.9 Å². The standard InChI is InChI=1S/C22H24FN7O6S/c1-13-25-12-26-30(13)16-9-15(23)4-3-14(16)10-24-19(32)17-18(31)20(33)29-7-8-36-22(21(29)27-17)5-6-28(11-22)37(2,34)35/h3-4,9,12,31H,5-8,10-11H2,1-2H3,(H,24,32). The van der Waals surface area contributed by atoms with E-state index >= 15 is 0 Å². The van der Waals surface area contributed by atoms with Crippen LogP contribution in [0, 0.1) is 12.7 Å². The predicted molar refractivity (Wildman–Crippen MR) is 126 cm³/mol. The summed E-state index contributed by atoms with van der Waals surface area (Å²) in [5, 5.41) is 17.2. The smallest absolute Gasteiger partial charge is 0.296 e. The second-order valence-electron chi connectivity index (χ2n) is 8.95. The number of benzene rings is 1. The Morgan fingerprint density at radius 2 is 2.11 bits per heavy atom. The highest BCUT2D eigenvalue weighted by atomic mass is 32.2. The molecule has 0 aliphatic carbocycles. The maximum absolute atomic E-state index is 14.0. The van der Waals surface area contributed by atoms with E-state index in [1.807, 2.05) is 0 Å². The van der Waals surface area contributed by atoms with E-state index in [4.69, 9.17) is 4.74 Å². The Balaban J connectivity index is 1.47. The van der Waals surface area contributed by atoms with E-state index in [9.17, 15) is 27.5 Å². The van der Waals surface area contributed by atoms with Crippen LogP contribution in [0.2, 0.25) is 0 Å². The molecule has 5 rings (SSSR count). The normalized spacial score (nSPS) is 19.8. The molecule has 2 aliphatic rings. The first-order valence-corrected chi connectivity index (χ1v) is 13.2. The number of nitrogens with zero attached hydrogens (tertiary/aromatic N) is 6. The summed E-state index contributed by atoms with van der Waals surface area (Å²) in [6.45, 7) is 1.89. The third-order valence-electron chi connectivity index (χ3n) is 6.56. The fourth-order valence-electron chi connectivity index (χ4n) is 4.67. The summed E-state index contributed by atoms with van der Waals surface area (Å²) in [5.41, 5.74) is -1.71. The molecule has 0 saturated carbocycles. The van der Waals surface area contributed by atoms with Crippen molar-refractivity contribution in [3.63, 3.8) is 0 Å². The topological polar surface area (TPSA) is 162 Å². The maximum Gasteiger partial charge on any atom is 0.296 e. The second kappa shape index (κ2) is 9.00. The Kier molecular flexibility index (Phi) is 6.08. The highest BCUT2D eigenvalue weighted by Crippen LogP contribution is 2.38. The SMILES string of the molecule is Cc1ncnn1-c1cc(F)ccc1CNC(=O)c1nc2n(c(=O)c1O)CCOC21CCN(S(C)(=O)=O)C1. The molecule has 1 spiro atoms. The molecule has 3 aromatic rings. The van der Waals surface area contributed by atoms with Crippen molar-refractivity contribution in [3.8, 4) is 11.4 Å². The lowest BCUT2D eigenvalue weighted by Gasteiger charge is -2.35. The van der Waals surface area contributed by atoms with Crippen LogP contribution in [0.1, 0.15) is 34.1 Å². The van der Waals surface area contributed by atoms with Gasteiger partial charge in [-0.1, -0.05) is 6.07 Å². The molecular weight excluding hydrogens is 509 g/mol. The van der Waals surface area contributed by atoms with E-state index in [2.05, 4.69) is 20.4 Å². The van der Waals surface area contributed by atoms with Crippen LogP contribution in [-0.4, -0.2) is 74.0 Å². The van der Waals surface area contributed by atoms with Crippen molar-refractivity contribution in [1.29, 1.82) is 0 Å². The number of nitrogens with one attached hydrogen (secondary N) is 1. The molecule has 1 fully saturated rings. The summed E-state index contributed by atoms with van der Waals surface area (Å²) in [6.07, 6.45) is 2.63. The number of amides is 1. The third-order valence-corrected chi connectivity index (χ3v) is 7.81. The van der Waals surface area contributed by atoms with Gasteiger partial charge in [0.15, 0.2) is 5.69 Å². The molecule has 15 heteroatoms. The number of carbonyl (C=O) groups excluding carboxylic acids is 1. The molecule has 2 aliphatic heterocycles. The van der Waals surface area contributed by atoms with Gasteiger partial charge in [0.25, 0.3) is 11.5 Å². The van der Waals surface area contributed by atoms with E-state index in [0.29, 0.717) is 17.1 Å². The number of sulfonamides is 1. The van der Waals surface area contributed by atoms with Crippen LogP contribution in [-0.2, 0) is 33.5 Å². The van der Waals surface area contributed by atoms with Crippen molar-refractivity contribution in [3.05, 3.63) is 63.6 Å². The lowest BCUT2D eigenvalue weighted by molar-refractivity contribution is -0.0722. The van der Waals surface area contributed by atoms with Crippen LogP contribution >= 0.6 is 0 Å². The molecule has 37 heavy (non-hydrogen) atoms. The van der Waals surface area contributed by atoms with Crippen molar-refractivity contribution in [2.24, 2.45) is 0 Å². The second-order valence-corrected chi connectivity index (χ2v) is 10.9. The minimum atomic E-state index is -3.52. The van der Waals surface area contributed by atoms with Gasteiger partial charge in [-0.15, -0.1) is 0 Å². The van der Waals surface area contributed by atoms with Gasteiger partial charge >= 0.3 is 0 Å². The zero-order valence-corrected chi connectivity index (χ0v) is 20.8. The Bertz CT molecular complexity index is 1570. The minimum absolute atomic E-state index is 0.0691. The average Bonchev–Trinajstić information content (AvgIpc) is 3.47. The van der Waals surface area contributed by atoms with E-state index in [-0.39, 0.29) is 45.0 Å². The van der Waals surface area contributed by atoms with E-state index in [1.165, 1.54) is 38.1 Å². The molecule has 13 nitrogen and oxygen atoms in total. The number of halogens is 1. The molecule has 1 atom stereocenters. The van der Waals surface area contributed by atoms with Crippen molar-refractivity contribution in [2.45, 2.75) is 32.0 Å². The number of aromatic hydroxyl groups is 1. The van der Waals surface area contributed by atoms with Crippen LogP contribution in [0.25, 0.3) is 5.69 Å². The van der Waals surface area contributed by atoms with E-state index < -0.39 is 44.4 Å². The van der Waals surface area contributed by atoms with Crippen LogP contribution < -0.4 is 10.9 Å². The lowest BCUT2D eigenvalue weighted by atomic mass is 10.00. The van der Waals surface area contributed by atoms with Crippen LogP contribution in [0.5, 0.6) is 5.75 Å². The lowest BCUT2D eigenvalue weighted by Crippen LogP contribution is -2.47. The minimum Gasteiger partial charge on any atom is -0.501 e. The largest absolute Gasteiger partial charge is 0.501 e. The molecular formula is C22H24FN7O6S. The number of ether oxygens (including phenoxy) is 1. The fraction of sp³-hybridized carbons (Fsp3) is 0.409. The van der Waals surface area contributed by atoms with Gasteiger partial charge in [-0.05, 0) is 31.0 Å². The van der Waals surface area contributed by atoms with Gasteiger partial charge in [0, 0.05) is 13.1 Å². The highest BCUT2D eigenvalue weighted by Gasteiger charge is 2.49. The number of rotatable bonds is 5. The summed E-state index contributed by atoms with van der Waals surface area (Å²) in [6, 6.07) is 3.95. The van der Waals surface area contributed by atoms with Gasteiger partial charge in [-0.2, -0.15) is 9.40 Å². The van der Waals surface area contributed by atoms with E-state index in [1.54, 1.807) is 6.92 Å². The summed E-state index contributed by atoms with van der Waals surface area (Å²) in [7, 11) is -3.52. The average molecular weight is 534 g/mol. The van der Waals surface area contributed by atoms with Crippen molar-refractivity contribution in [1.82, 2.24) is 33.9 Å². The monoisotopic (exact) mass is 533 g/mol. The van der Waals surface area contributed by atoms with Gasteiger partial charge in [0.05, 0.1) is 31.6 Å². The number of aromatic nitrogens is 5. The van der Waals surface area contributed by atoms with Gasteiger partial charge in [0.2, 0.25) is 15.8 Å². The van der Waals surface area contributed by atoms with Crippen molar-refractivity contribution < 1.29 is 27.4 Å². The summed E-state index contributed by atoms with van der Waals surface area (Å²) in [4.78, 5) is 34.4. The molecule has 2 aromatic heterocycles. The quantitative estimate of drug-likeness (QED) is 0.452. The Morgan fingerprint density at radius 3 is 2.78 bits per heavy atom. The molecule has 0 radical (unpaired) electrons. The van der Waals surface area contributed by atoms with Crippen molar-refractivity contribution in [2.75, 3.05) is 26.0 Å². The van der Waals surface area contributed by atoms with Crippen LogP contribution in [0.4, 0.5) is 4.39 Å². The van der Waals surface area contributed by atoms with E-state index in [0.717, 1.165) is 6.26 Å². The van der Waals surface area contributed by atoms with Gasteiger partial charge in [0.1, 0.15) is 29.4 Å². The number of aryl methyl sites for hydroxylation is 1. The van der Waals surface area contributed by atoms with Crippen LogP contribution in [0.3, 0.4) is 0 Å². The highest BCUT2D eigenvalue weighted by molar-refractivity contribution is 7.88. The number of carbonyl (C=O) groups is 1. The van der Waals surface area contributed by atoms with Gasteiger partial charge in [-0.25, -0.2) is 27.5 Å². The van der Waals surface area contributed by atoms with Gasteiger partial charge < -0.3 is 15.2 Å². The molecule has 4 heterocycles. The zero-order valence-electron chi connectivity index (χ0n) is 20.0. The first kappa shape index (κ1) is 25.0. The maximum atomic E-state index is 14.0. The number of hydrogen-bond donors (Lipinski definition) is 2. The molecule has 1 aromatic carbocycles. The third kappa shape index (κ3) is 4.38. The molecule has 1 amide bonds. The first-order chi connectivity index (χ1) is 17.5. The summed E-state index contributed by atoms with van der Waals surface area (Å²) in [5.74, 6) is -1.60. The summed E-state index contributed by atoms with van der Waals surface area (Å²) < 4.78 is 47.9. The fourth-order valence-corrected chi connectivity index (χ4v) is 5.53. The molecule has 1 saturated heterocycles. The number of hydrogen-bond acceptors (Lipinski definition) is 9. The number of fused-ring (bicyclic) bond motifs is 2. The molecule has 1 unspecified atom stereocenters. The van der Waals surface area contributed by atoms with Crippen LogP contribution in [0.15, 0.2) is 29.3 Å². The molecule has 196 valence electrons. The Hall–Kier alpha value is -3.69. The molecule has 0 bridgehead atoms.